The van der Waals surface area contributed by atoms with Gasteiger partial charge >= 0.3 is 0 Å². The lowest BCUT2D eigenvalue weighted by atomic mass is 10.2. The number of rotatable bonds is 11. The van der Waals surface area contributed by atoms with Gasteiger partial charge in [0.15, 0.2) is 17.3 Å². The van der Waals surface area contributed by atoms with E-state index in [-0.39, 0.29) is 5.69 Å². The summed E-state index contributed by atoms with van der Waals surface area (Å²) in [5, 5.41) is 8.06. The van der Waals surface area contributed by atoms with Crippen LogP contribution in [0, 0.1) is 0 Å². The number of ether oxygens (including phenoxy) is 4. The molecule has 1 atom stereocenters. The Morgan fingerprint density at radius 3 is 2.22 bits per heavy atom. The van der Waals surface area contributed by atoms with Crippen molar-refractivity contribution < 1.29 is 28.5 Å². The van der Waals surface area contributed by atoms with Gasteiger partial charge in [0.05, 0.1) is 33.1 Å². The predicted molar refractivity (Wildman–Crippen MR) is 121 cm³/mol. The van der Waals surface area contributed by atoms with E-state index in [1.54, 1.807) is 30.3 Å². The molecule has 0 aliphatic carbocycles. The highest BCUT2D eigenvalue weighted by Crippen LogP contribution is 2.34. The summed E-state index contributed by atoms with van der Waals surface area (Å²) in [5.41, 5.74) is 0.605. The number of hydrogen-bond acceptors (Lipinski definition) is 8. The Morgan fingerprint density at radius 2 is 1.62 bits per heavy atom. The summed E-state index contributed by atoms with van der Waals surface area (Å²) in [6, 6.07) is 8.24. The summed E-state index contributed by atoms with van der Waals surface area (Å²) in [6.07, 6.45) is 0. The maximum absolute atomic E-state index is 12.9. The molecule has 1 unspecified atom stereocenters. The Morgan fingerprint density at radius 1 is 0.969 bits per heavy atom. The zero-order valence-electron chi connectivity index (χ0n) is 18.6. The number of methoxy groups -OCH3 is 2. The third-order valence-corrected chi connectivity index (χ3v) is 4.59. The summed E-state index contributed by atoms with van der Waals surface area (Å²) in [4.78, 5) is 25.1. The lowest BCUT2D eigenvalue weighted by Crippen LogP contribution is -2.36. The number of benzene rings is 2. The summed E-state index contributed by atoms with van der Waals surface area (Å²) in [5.74, 6) is 0.544. The number of halogens is 1. The van der Waals surface area contributed by atoms with Crippen LogP contribution in [0.3, 0.4) is 0 Å². The quantitative estimate of drug-likeness (QED) is 0.271. The molecule has 2 rings (SSSR count). The van der Waals surface area contributed by atoms with Gasteiger partial charge < -0.3 is 18.9 Å². The topological polar surface area (TPSA) is 99.0 Å². The first-order valence-electron chi connectivity index (χ1n) is 9.88. The van der Waals surface area contributed by atoms with Crippen molar-refractivity contribution in [3.05, 3.63) is 36.4 Å². The third-order valence-electron chi connectivity index (χ3n) is 4.23. The van der Waals surface area contributed by atoms with Crippen LogP contribution in [0.5, 0.6) is 23.0 Å². The molecule has 172 valence electrons. The highest BCUT2D eigenvalue weighted by Gasteiger charge is 2.29. The van der Waals surface area contributed by atoms with Gasteiger partial charge in [-0.3, -0.25) is 9.59 Å². The van der Waals surface area contributed by atoms with Crippen LogP contribution in [0.2, 0.25) is 0 Å². The molecule has 0 aromatic heterocycles. The molecule has 9 nitrogen and oxygen atoms in total. The number of nitrogens with zero attached hydrogens (tertiary/aromatic N) is 3. The van der Waals surface area contributed by atoms with Crippen LogP contribution in [-0.4, -0.2) is 45.2 Å². The van der Waals surface area contributed by atoms with E-state index in [0.29, 0.717) is 41.9 Å². The highest BCUT2D eigenvalue weighted by molar-refractivity contribution is 6.39. The van der Waals surface area contributed by atoms with Gasteiger partial charge in [-0.1, -0.05) is 0 Å². The number of anilines is 1. The Labute approximate surface area is 192 Å². The van der Waals surface area contributed by atoms with Gasteiger partial charge in [-0.15, -0.1) is 0 Å². The molecule has 0 radical (unpaired) electrons. The van der Waals surface area contributed by atoms with Gasteiger partial charge in [0.2, 0.25) is 6.04 Å². The smallest absolute Gasteiger partial charge is 0.276 e. The molecule has 10 heteroatoms. The predicted octanol–water partition coefficient (Wildman–Crippen LogP) is 4.73. The van der Waals surface area contributed by atoms with E-state index in [1.807, 2.05) is 13.8 Å². The van der Waals surface area contributed by atoms with E-state index in [0.717, 1.165) is 4.42 Å². The Bertz CT molecular complexity index is 982. The normalized spacial score (nSPS) is 11.7. The molecule has 0 heterocycles. The van der Waals surface area contributed by atoms with Crippen LogP contribution < -0.4 is 23.4 Å². The van der Waals surface area contributed by atoms with Crippen LogP contribution in [-0.2, 0) is 9.59 Å². The molecule has 0 saturated heterocycles. The lowest BCUT2D eigenvalue weighted by molar-refractivity contribution is -0.126. The molecule has 0 aliphatic heterocycles. The van der Waals surface area contributed by atoms with E-state index in [9.17, 15) is 9.59 Å². The fourth-order valence-electron chi connectivity index (χ4n) is 2.72. The van der Waals surface area contributed by atoms with Gasteiger partial charge in [0, 0.05) is 23.9 Å². The molecule has 0 bridgehead atoms. The first-order chi connectivity index (χ1) is 15.4. The fourth-order valence-corrected chi connectivity index (χ4v) is 2.91. The molecule has 2 aromatic carbocycles. The van der Waals surface area contributed by atoms with Crippen LogP contribution in [0.1, 0.15) is 20.8 Å². The Hall–Kier alpha value is -3.33. The van der Waals surface area contributed by atoms with E-state index in [1.165, 1.54) is 27.2 Å². The number of carbonyl (C=O) groups excluding carboxylic acids is 2. The summed E-state index contributed by atoms with van der Waals surface area (Å²) in [6.45, 7) is 5.78. The standard InChI is InChI=1S/C22H26ClN3O6/c1-6-31-16-9-11-18(32-7-2)17(13-16)24-25-21(14(3)27)22(28)26(23)15-8-10-19(29-4)20(12-15)30-5/h8-13,21H,6-7H2,1-5H3. The molecular weight excluding hydrogens is 438 g/mol. The van der Waals surface area contributed by atoms with Crippen LogP contribution in [0.25, 0.3) is 0 Å². The number of amides is 1. The molecule has 0 spiro atoms. The Balaban J connectivity index is 2.34. The SMILES string of the molecule is CCOc1ccc(OCC)c(N=NC(C(C)=O)C(=O)N(Cl)c2ccc(OC)c(OC)c2)c1. The summed E-state index contributed by atoms with van der Waals surface area (Å²) in [7, 11) is 2.95. The first kappa shape index (κ1) is 24.9. The van der Waals surface area contributed by atoms with Crippen molar-refractivity contribution >= 4 is 34.8 Å². The second kappa shape index (κ2) is 11.9. The number of Topliss-reactive ketones (excluding diaryl/α,β-unsaturated/α-hetero) is 1. The molecule has 0 N–H and O–H groups in total. The van der Waals surface area contributed by atoms with E-state index in [2.05, 4.69) is 10.2 Å². The van der Waals surface area contributed by atoms with Gasteiger partial charge in [0.25, 0.3) is 5.91 Å². The molecule has 1 amide bonds. The second-order valence-electron chi connectivity index (χ2n) is 6.38. The number of carbonyl (C=O) groups is 2. The zero-order chi connectivity index (χ0) is 23.7. The van der Waals surface area contributed by atoms with Gasteiger partial charge in [-0.05, 0) is 45.0 Å². The van der Waals surface area contributed by atoms with Crippen LogP contribution in [0.15, 0.2) is 46.6 Å². The molecule has 0 aliphatic rings. The van der Waals surface area contributed by atoms with E-state index in [4.69, 9.17) is 30.7 Å². The molecule has 2 aromatic rings. The van der Waals surface area contributed by atoms with Crippen molar-refractivity contribution in [2.24, 2.45) is 10.2 Å². The Kier molecular flexibility index (Phi) is 9.27. The minimum absolute atomic E-state index is 0.282. The summed E-state index contributed by atoms with van der Waals surface area (Å²) < 4.78 is 22.2. The monoisotopic (exact) mass is 463 g/mol. The molecule has 32 heavy (non-hydrogen) atoms. The lowest BCUT2D eigenvalue weighted by Gasteiger charge is -2.18. The van der Waals surface area contributed by atoms with E-state index < -0.39 is 17.7 Å². The van der Waals surface area contributed by atoms with Crippen molar-refractivity contribution in [2.45, 2.75) is 26.8 Å². The molecular formula is C22H26ClN3O6. The van der Waals surface area contributed by atoms with Gasteiger partial charge in [0.1, 0.15) is 17.2 Å². The van der Waals surface area contributed by atoms with Crippen LogP contribution in [0.4, 0.5) is 11.4 Å². The van der Waals surface area contributed by atoms with E-state index >= 15 is 0 Å². The average molecular weight is 464 g/mol. The molecule has 0 saturated carbocycles. The van der Waals surface area contributed by atoms with Crippen LogP contribution >= 0.6 is 11.8 Å². The van der Waals surface area contributed by atoms with Crippen molar-refractivity contribution in [1.29, 1.82) is 0 Å². The number of hydrogen-bond donors (Lipinski definition) is 0. The average Bonchev–Trinajstić information content (AvgIpc) is 2.79. The molecule has 0 fully saturated rings. The minimum atomic E-state index is -1.45. The van der Waals surface area contributed by atoms with Gasteiger partial charge in [-0.25, -0.2) is 4.42 Å². The number of azo groups is 1. The minimum Gasteiger partial charge on any atom is -0.494 e. The van der Waals surface area contributed by atoms with Crippen molar-refractivity contribution in [2.75, 3.05) is 31.9 Å². The fraction of sp³-hybridized carbons (Fsp3) is 0.364. The largest absolute Gasteiger partial charge is 0.494 e. The zero-order valence-corrected chi connectivity index (χ0v) is 19.4. The van der Waals surface area contributed by atoms with Crippen molar-refractivity contribution in [3.63, 3.8) is 0 Å². The second-order valence-corrected chi connectivity index (χ2v) is 6.72. The first-order valence-corrected chi connectivity index (χ1v) is 10.2. The third kappa shape index (κ3) is 6.10. The summed E-state index contributed by atoms with van der Waals surface area (Å²) >= 11 is 6.24. The van der Waals surface area contributed by atoms with Crippen molar-refractivity contribution in [3.8, 4) is 23.0 Å². The van der Waals surface area contributed by atoms with Crippen molar-refractivity contribution in [1.82, 2.24) is 0 Å². The number of ketones is 1. The maximum atomic E-state index is 12.9. The highest BCUT2D eigenvalue weighted by atomic mass is 35.5. The van der Waals surface area contributed by atoms with Gasteiger partial charge in [-0.2, -0.15) is 10.2 Å². The maximum Gasteiger partial charge on any atom is 0.276 e.